The lowest BCUT2D eigenvalue weighted by molar-refractivity contribution is -0.383. The minimum absolute atomic E-state index is 0.0229. The van der Waals surface area contributed by atoms with Crippen molar-refractivity contribution in [1.29, 1.82) is 0 Å². The summed E-state index contributed by atoms with van der Waals surface area (Å²) in [6.45, 7) is 3.97. The van der Waals surface area contributed by atoms with Gasteiger partial charge in [-0.15, -0.1) is 0 Å². The molecule has 0 aromatic heterocycles. The SMILES string of the molecule is CCCNC(=O)C(C)NC(=O)c1ccc(N)c([N+](=O)[O-])c1. The third kappa shape index (κ3) is 4.44. The third-order valence-corrected chi connectivity index (χ3v) is 2.78. The molecule has 0 radical (unpaired) electrons. The zero-order valence-corrected chi connectivity index (χ0v) is 11.9. The van der Waals surface area contributed by atoms with Crippen molar-refractivity contribution < 1.29 is 14.5 Å². The fourth-order valence-corrected chi connectivity index (χ4v) is 1.59. The van der Waals surface area contributed by atoms with Gasteiger partial charge in [0.25, 0.3) is 11.6 Å². The number of anilines is 1. The van der Waals surface area contributed by atoms with Gasteiger partial charge in [-0.3, -0.25) is 19.7 Å². The Morgan fingerprint density at radius 1 is 1.43 bits per heavy atom. The van der Waals surface area contributed by atoms with Crippen molar-refractivity contribution in [2.24, 2.45) is 0 Å². The van der Waals surface area contributed by atoms with Crippen LogP contribution in [0.4, 0.5) is 11.4 Å². The zero-order chi connectivity index (χ0) is 16.0. The van der Waals surface area contributed by atoms with E-state index in [0.717, 1.165) is 12.5 Å². The van der Waals surface area contributed by atoms with Crippen LogP contribution < -0.4 is 16.4 Å². The molecular weight excluding hydrogens is 276 g/mol. The number of benzene rings is 1. The largest absolute Gasteiger partial charge is 0.393 e. The van der Waals surface area contributed by atoms with E-state index in [4.69, 9.17) is 5.73 Å². The number of nitrogens with zero attached hydrogens (tertiary/aromatic N) is 1. The van der Waals surface area contributed by atoms with Gasteiger partial charge in [0.05, 0.1) is 4.92 Å². The summed E-state index contributed by atoms with van der Waals surface area (Å²) in [7, 11) is 0. The first kappa shape index (κ1) is 16.4. The molecule has 1 aromatic rings. The number of nitrogen functional groups attached to an aromatic ring is 1. The number of hydrogen-bond donors (Lipinski definition) is 3. The van der Waals surface area contributed by atoms with Crippen molar-refractivity contribution in [2.75, 3.05) is 12.3 Å². The normalized spacial score (nSPS) is 11.5. The highest BCUT2D eigenvalue weighted by Crippen LogP contribution is 2.22. The number of nitro benzene ring substituents is 1. The van der Waals surface area contributed by atoms with Gasteiger partial charge >= 0.3 is 0 Å². The highest BCUT2D eigenvalue weighted by molar-refractivity contribution is 5.98. The minimum atomic E-state index is -0.736. The van der Waals surface area contributed by atoms with E-state index < -0.39 is 16.9 Å². The molecule has 0 heterocycles. The molecule has 1 unspecified atom stereocenters. The second kappa shape index (κ2) is 7.22. The molecule has 2 amide bonds. The van der Waals surface area contributed by atoms with Crippen molar-refractivity contribution in [3.8, 4) is 0 Å². The number of nitrogens with one attached hydrogen (secondary N) is 2. The molecule has 0 aliphatic carbocycles. The maximum absolute atomic E-state index is 12.0. The molecular formula is C13H18N4O4. The molecule has 21 heavy (non-hydrogen) atoms. The molecule has 0 saturated heterocycles. The molecule has 1 rings (SSSR count). The predicted molar refractivity (Wildman–Crippen MR) is 77.7 cm³/mol. The van der Waals surface area contributed by atoms with E-state index >= 15 is 0 Å². The maximum atomic E-state index is 12.0. The van der Waals surface area contributed by atoms with Gasteiger partial charge in [-0.1, -0.05) is 6.92 Å². The summed E-state index contributed by atoms with van der Waals surface area (Å²) in [6, 6.07) is 3.01. The van der Waals surface area contributed by atoms with Crippen LogP contribution in [-0.4, -0.2) is 29.3 Å². The Morgan fingerprint density at radius 2 is 2.10 bits per heavy atom. The standard InChI is InChI=1S/C13H18N4O4/c1-3-6-15-12(18)8(2)16-13(19)9-4-5-10(14)11(7-9)17(20)21/h4-5,7-8H,3,6,14H2,1-2H3,(H,15,18)(H,16,19). The average molecular weight is 294 g/mol. The van der Waals surface area contributed by atoms with Crippen LogP contribution in [0.3, 0.4) is 0 Å². The fraction of sp³-hybridized carbons (Fsp3) is 0.385. The Morgan fingerprint density at radius 3 is 2.67 bits per heavy atom. The summed E-state index contributed by atoms with van der Waals surface area (Å²) in [5.74, 6) is -0.882. The van der Waals surface area contributed by atoms with Gasteiger partial charge < -0.3 is 16.4 Å². The molecule has 0 fully saturated rings. The second-order valence-electron chi connectivity index (χ2n) is 4.52. The lowest BCUT2D eigenvalue weighted by Crippen LogP contribution is -2.45. The molecule has 8 heteroatoms. The lowest BCUT2D eigenvalue weighted by Gasteiger charge is -2.13. The van der Waals surface area contributed by atoms with Crippen LogP contribution in [0.15, 0.2) is 18.2 Å². The summed E-state index contributed by atoms with van der Waals surface area (Å²) in [4.78, 5) is 33.7. The number of carbonyl (C=O) groups excluding carboxylic acids is 2. The molecule has 0 aliphatic rings. The van der Waals surface area contributed by atoms with E-state index in [1.165, 1.54) is 19.1 Å². The van der Waals surface area contributed by atoms with Crippen molar-refractivity contribution in [3.63, 3.8) is 0 Å². The molecule has 0 bridgehead atoms. The van der Waals surface area contributed by atoms with E-state index in [1.54, 1.807) is 0 Å². The highest BCUT2D eigenvalue weighted by atomic mass is 16.6. The van der Waals surface area contributed by atoms with E-state index in [0.29, 0.717) is 6.54 Å². The monoisotopic (exact) mass is 294 g/mol. The third-order valence-electron chi connectivity index (χ3n) is 2.78. The van der Waals surface area contributed by atoms with Crippen LogP contribution in [0.5, 0.6) is 0 Å². The Kier molecular flexibility index (Phi) is 5.65. The van der Waals surface area contributed by atoms with Crippen LogP contribution >= 0.6 is 0 Å². The molecule has 4 N–H and O–H groups in total. The van der Waals surface area contributed by atoms with Gasteiger partial charge in [-0.25, -0.2) is 0 Å². The van der Waals surface area contributed by atoms with Crippen LogP contribution in [0.25, 0.3) is 0 Å². The molecule has 0 saturated carbocycles. The van der Waals surface area contributed by atoms with Crippen LogP contribution in [0, 0.1) is 10.1 Å². The summed E-state index contributed by atoms with van der Waals surface area (Å²) < 4.78 is 0. The zero-order valence-electron chi connectivity index (χ0n) is 11.9. The summed E-state index contributed by atoms with van der Waals surface area (Å²) in [5, 5.41) is 15.9. The number of amides is 2. The first-order valence-electron chi connectivity index (χ1n) is 6.49. The van der Waals surface area contributed by atoms with Gasteiger partial charge in [0, 0.05) is 18.2 Å². The molecule has 1 aromatic carbocycles. The van der Waals surface area contributed by atoms with Gasteiger partial charge in [-0.05, 0) is 25.5 Å². The quantitative estimate of drug-likeness (QED) is 0.406. The second-order valence-corrected chi connectivity index (χ2v) is 4.52. The fourth-order valence-electron chi connectivity index (χ4n) is 1.59. The predicted octanol–water partition coefficient (Wildman–Crippen LogP) is 0.821. The van der Waals surface area contributed by atoms with E-state index in [-0.39, 0.29) is 22.8 Å². The average Bonchev–Trinajstić information content (AvgIpc) is 2.44. The Bertz CT molecular complexity index is 559. The van der Waals surface area contributed by atoms with Gasteiger partial charge in [-0.2, -0.15) is 0 Å². The number of carbonyl (C=O) groups is 2. The molecule has 1 atom stereocenters. The molecule has 114 valence electrons. The Balaban J connectivity index is 2.78. The van der Waals surface area contributed by atoms with E-state index in [2.05, 4.69) is 10.6 Å². The topological polar surface area (TPSA) is 127 Å². The van der Waals surface area contributed by atoms with Crippen molar-refractivity contribution in [2.45, 2.75) is 26.3 Å². The molecule has 0 aliphatic heterocycles. The van der Waals surface area contributed by atoms with Gasteiger partial charge in [0.1, 0.15) is 11.7 Å². The summed E-state index contributed by atoms with van der Waals surface area (Å²) >= 11 is 0. The van der Waals surface area contributed by atoms with Gasteiger partial charge in [0.2, 0.25) is 5.91 Å². The van der Waals surface area contributed by atoms with Crippen LogP contribution in [0.1, 0.15) is 30.6 Å². The van der Waals surface area contributed by atoms with Crippen molar-refractivity contribution in [3.05, 3.63) is 33.9 Å². The molecule has 8 nitrogen and oxygen atoms in total. The number of rotatable bonds is 6. The van der Waals surface area contributed by atoms with E-state index in [1.807, 2.05) is 6.92 Å². The van der Waals surface area contributed by atoms with Crippen LogP contribution in [0.2, 0.25) is 0 Å². The smallest absolute Gasteiger partial charge is 0.292 e. The number of nitrogens with two attached hydrogens (primary N) is 1. The number of hydrogen-bond acceptors (Lipinski definition) is 5. The van der Waals surface area contributed by atoms with Crippen molar-refractivity contribution >= 4 is 23.2 Å². The first-order valence-corrected chi connectivity index (χ1v) is 6.49. The van der Waals surface area contributed by atoms with Crippen LogP contribution in [-0.2, 0) is 4.79 Å². The minimum Gasteiger partial charge on any atom is -0.393 e. The molecule has 0 spiro atoms. The first-order chi connectivity index (χ1) is 9.86. The Labute approximate surface area is 121 Å². The number of nitro groups is 1. The van der Waals surface area contributed by atoms with Crippen molar-refractivity contribution in [1.82, 2.24) is 10.6 Å². The van der Waals surface area contributed by atoms with Gasteiger partial charge in [0.15, 0.2) is 0 Å². The lowest BCUT2D eigenvalue weighted by atomic mass is 10.1. The summed E-state index contributed by atoms with van der Waals surface area (Å²) in [6.07, 6.45) is 0.788. The maximum Gasteiger partial charge on any atom is 0.292 e. The Hall–Kier alpha value is -2.64. The highest BCUT2D eigenvalue weighted by Gasteiger charge is 2.19. The summed E-state index contributed by atoms with van der Waals surface area (Å²) in [5.41, 5.74) is 5.17. The van der Waals surface area contributed by atoms with E-state index in [9.17, 15) is 19.7 Å².